The van der Waals surface area contributed by atoms with Crippen molar-refractivity contribution in [2.24, 2.45) is 0 Å². The summed E-state index contributed by atoms with van der Waals surface area (Å²) in [4.78, 5) is 4.24. The Balaban J connectivity index is 2.75. The van der Waals surface area contributed by atoms with Crippen molar-refractivity contribution in [1.29, 1.82) is 0 Å². The van der Waals surface area contributed by atoms with Crippen molar-refractivity contribution in [2.75, 3.05) is 0 Å². The van der Waals surface area contributed by atoms with Gasteiger partial charge in [0, 0.05) is 6.20 Å². The van der Waals surface area contributed by atoms with Gasteiger partial charge in [-0.05, 0) is 29.0 Å². The monoisotopic (exact) mass is 178 g/mol. The number of hydrogen-bond acceptors (Lipinski definition) is 2. The number of nitrogens with zero attached hydrogens (tertiary/aromatic N) is 1. The molecule has 2 aromatic rings. The summed E-state index contributed by atoms with van der Waals surface area (Å²) in [5.74, 6) is 0.503. The molecule has 0 aliphatic heterocycles. The maximum absolute atomic E-state index is 7.54. The highest BCUT2D eigenvalue weighted by atomic mass is 32.1. The molecule has 0 aliphatic carbocycles. The Bertz CT molecular complexity index is 433. The molecule has 0 saturated carbocycles. The first-order valence-corrected chi connectivity index (χ1v) is 4.85. The molecule has 0 atom stereocenters. The van der Waals surface area contributed by atoms with Crippen molar-refractivity contribution in [3.8, 4) is 0 Å². The lowest BCUT2D eigenvalue weighted by Crippen LogP contribution is -1.87. The fourth-order valence-electron chi connectivity index (χ4n) is 1.29. The van der Waals surface area contributed by atoms with E-state index in [0.717, 1.165) is 5.52 Å². The summed E-state index contributed by atoms with van der Waals surface area (Å²) in [5.41, 5.74) is 2.26. The Morgan fingerprint density at radius 2 is 2.33 bits per heavy atom. The molecular formula is C10H11NS. The first-order valence-electron chi connectivity index (χ1n) is 4.53. The predicted molar refractivity (Wildman–Crippen MR) is 53.7 cm³/mol. The molecule has 12 heavy (non-hydrogen) atoms. The van der Waals surface area contributed by atoms with Crippen LogP contribution in [0.4, 0.5) is 0 Å². The van der Waals surface area contributed by atoms with Crippen LogP contribution in [0.2, 0.25) is 0 Å². The van der Waals surface area contributed by atoms with Crippen molar-refractivity contribution in [1.82, 2.24) is 4.98 Å². The van der Waals surface area contributed by atoms with Crippen molar-refractivity contribution >= 4 is 21.6 Å². The molecule has 2 heterocycles. The second-order valence-electron chi connectivity index (χ2n) is 3.13. The smallest absolute Gasteiger partial charge is 0.0812 e. The van der Waals surface area contributed by atoms with Crippen molar-refractivity contribution in [2.45, 2.75) is 19.8 Å². The lowest BCUT2D eigenvalue weighted by Gasteiger charge is -2.04. The van der Waals surface area contributed by atoms with Crippen molar-refractivity contribution in [3.63, 3.8) is 0 Å². The van der Waals surface area contributed by atoms with Crippen molar-refractivity contribution < 1.29 is 1.37 Å². The Hall–Kier alpha value is -0.890. The van der Waals surface area contributed by atoms with Gasteiger partial charge in [-0.3, -0.25) is 4.98 Å². The molecule has 0 aliphatic rings. The average molecular weight is 178 g/mol. The van der Waals surface area contributed by atoms with E-state index < -0.39 is 0 Å². The van der Waals surface area contributed by atoms with E-state index in [1.165, 1.54) is 21.6 Å². The molecule has 0 radical (unpaired) electrons. The Morgan fingerprint density at radius 3 is 3.08 bits per heavy atom. The zero-order chi connectivity index (χ0) is 9.42. The van der Waals surface area contributed by atoms with Gasteiger partial charge in [0.15, 0.2) is 0 Å². The molecule has 0 aromatic carbocycles. The average Bonchev–Trinajstić information content (AvgIpc) is 2.43. The first-order chi connectivity index (χ1) is 6.18. The van der Waals surface area contributed by atoms with E-state index in [9.17, 15) is 0 Å². The third-order valence-corrected chi connectivity index (χ3v) is 2.83. The third kappa shape index (κ3) is 1.12. The van der Waals surface area contributed by atoms with Crippen LogP contribution in [0, 0.1) is 0 Å². The van der Waals surface area contributed by atoms with Crippen LogP contribution in [-0.2, 0) is 0 Å². The number of fused-ring (bicyclic) bond motifs is 1. The molecule has 0 spiro atoms. The Labute approximate surface area is 77.5 Å². The molecule has 2 rings (SSSR count). The van der Waals surface area contributed by atoms with Crippen LogP contribution >= 0.6 is 11.3 Å². The number of aromatic nitrogens is 1. The molecule has 0 unspecified atom stereocenters. The minimum absolute atomic E-state index is 0.503. The lowest BCUT2D eigenvalue weighted by molar-refractivity contribution is 0.876. The maximum Gasteiger partial charge on any atom is 0.0812 e. The molecular weight excluding hydrogens is 166 g/mol. The largest absolute Gasteiger partial charge is 0.255 e. The number of hydrogen-bond donors (Lipinski definition) is 0. The summed E-state index contributed by atoms with van der Waals surface area (Å²) in [7, 11) is 0. The summed E-state index contributed by atoms with van der Waals surface area (Å²) in [6, 6.07) is 3.87. The molecule has 2 heteroatoms. The Kier molecular flexibility index (Phi) is 1.58. The zero-order valence-corrected chi connectivity index (χ0v) is 7.98. The van der Waals surface area contributed by atoms with Gasteiger partial charge in [0.2, 0.25) is 0 Å². The summed E-state index contributed by atoms with van der Waals surface area (Å²) in [6.07, 6.45) is 1.82. The Morgan fingerprint density at radius 1 is 1.50 bits per heavy atom. The standard InChI is InChI=1S/C10H11NS/c1-7(2)8-3-5-11-9-4-6-12-10(8)9/h3-7H,1-2H3/i6D. The van der Waals surface area contributed by atoms with E-state index >= 15 is 0 Å². The second-order valence-corrected chi connectivity index (χ2v) is 3.98. The van der Waals surface area contributed by atoms with Crippen LogP contribution in [-0.4, -0.2) is 4.98 Å². The van der Waals surface area contributed by atoms with Crippen LogP contribution in [0.25, 0.3) is 10.2 Å². The van der Waals surface area contributed by atoms with E-state index in [1.54, 1.807) is 0 Å². The van der Waals surface area contributed by atoms with Gasteiger partial charge in [-0.25, -0.2) is 0 Å². The van der Waals surface area contributed by atoms with E-state index in [2.05, 4.69) is 18.8 Å². The van der Waals surface area contributed by atoms with Crippen LogP contribution < -0.4 is 0 Å². The fourth-order valence-corrected chi connectivity index (χ4v) is 2.22. The van der Waals surface area contributed by atoms with Crippen LogP contribution in [0.1, 0.15) is 26.7 Å². The van der Waals surface area contributed by atoms with Gasteiger partial charge < -0.3 is 0 Å². The van der Waals surface area contributed by atoms with Crippen LogP contribution in [0.3, 0.4) is 0 Å². The number of thiophene rings is 1. The lowest BCUT2D eigenvalue weighted by atomic mass is 10.0. The van der Waals surface area contributed by atoms with Crippen molar-refractivity contribution in [3.05, 3.63) is 29.2 Å². The minimum atomic E-state index is 0.503. The van der Waals surface area contributed by atoms with Gasteiger partial charge in [-0.1, -0.05) is 13.8 Å². The molecule has 0 fully saturated rings. The highest BCUT2D eigenvalue weighted by Crippen LogP contribution is 2.27. The third-order valence-electron chi connectivity index (χ3n) is 1.94. The van der Waals surface area contributed by atoms with E-state index in [-0.39, 0.29) is 0 Å². The topological polar surface area (TPSA) is 12.9 Å². The summed E-state index contributed by atoms with van der Waals surface area (Å²) in [6.45, 7) is 4.33. The second kappa shape index (κ2) is 2.87. The van der Waals surface area contributed by atoms with Gasteiger partial charge in [0.25, 0.3) is 0 Å². The SMILES string of the molecule is [2H]c1cc2nccc(C(C)C)c2s1. The normalized spacial score (nSPS) is 12.4. The molecule has 2 aromatic heterocycles. The minimum Gasteiger partial charge on any atom is -0.255 e. The molecule has 0 amide bonds. The highest BCUT2D eigenvalue weighted by molar-refractivity contribution is 7.17. The molecule has 0 N–H and O–H groups in total. The van der Waals surface area contributed by atoms with Gasteiger partial charge in [-0.15, -0.1) is 11.3 Å². The molecule has 0 bridgehead atoms. The summed E-state index contributed by atoms with van der Waals surface area (Å²) in [5, 5.41) is 0.593. The molecule has 1 nitrogen and oxygen atoms in total. The predicted octanol–water partition coefficient (Wildman–Crippen LogP) is 3.42. The molecule has 62 valence electrons. The zero-order valence-electron chi connectivity index (χ0n) is 8.16. The first kappa shape index (κ1) is 6.61. The van der Waals surface area contributed by atoms with Crippen LogP contribution in [0.5, 0.6) is 0 Å². The van der Waals surface area contributed by atoms with Gasteiger partial charge in [0.05, 0.1) is 11.6 Å². The number of pyridine rings is 1. The highest BCUT2D eigenvalue weighted by Gasteiger charge is 2.05. The van der Waals surface area contributed by atoms with Crippen LogP contribution in [0.15, 0.2) is 23.7 Å². The van der Waals surface area contributed by atoms with E-state index in [4.69, 9.17) is 1.37 Å². The summed E-state index contributed by atoms with van der Waals surface area (Å²) < 4.78 is 8.71. The van der Waals surface area contributed by atoms with Gasteiger partial charge >= 0.3 is 0 Å². The molecule has 0 saturated heterocycles. The number of rotatable bonds is 1. The summed E-state index contributed by atoms with van der Waals surface area (Å²) >= 11 is 1.51. The van der Waals surface area contributed by atoms with E-state index in [0.29, 0.717) is 11.3 Å². The van der Waals surface area contributed by atoms with Gasteiger partial charge in [-0.2, -0.15) is 0 Å². The quantitative estimate of drug-likeness (QED) is 0.652. The van der Waals surface area contributed by atoms with E-state index in [1.807, 2.05) is 18.3 Å². The fraction of sp³-hybridized carbons (Fsp3) is 0.300. The van der Waals surface area contributed by atoms with Gasteiger partial charge in [0.1, 0.15) is 0 Å². The maximum atomic E-state index is 7.54.